The van der Waals surface area contributed by atoms with Crippen molar-refractivity contribution in [3.05, 3.63) is 18.0 Å². The molecule has 1 unspecified atom stereocenters. The molecule has 0 aliphatic rings. The van der Waals surface area contributed by atoms with Crippen LogP contribution in [0.3, 0.4) is 0 Å². The predicted molar refractivity (Wildman–Crippen MR) is 62.6 cm³/mol. The number of rotatable bonds is 6. The Labute approximate surface area is 92.1 Å². The molecular formula is C11H22N4. The van der Waals surface area contributed by atoms with Gasteiger partial charge in [0, 0.05) is 31.9 Å². The van der Waals surface area contributed by atoms with Crippen LogP contribution in [0.1, 0.15) is 32.0 Å². The smallest absolute Gasteiger partial charge is 0.0764 e. The summed E-state index contributed by atoms with van der Waals surface area (Å²) in [5, 5.41) is 4.54. The molecule has 0 amide bonds. The van der Waals surface area contributed by atoms with E-state index in [2.05, 4.69) is 43.2 Å². The highest BCUT2D eigenvalue weighted by molar-refractivity contribution is 4.99. The molecule has 0 saturated heterocycles. The third-order valence-corrected chi connectivity index (χ3v) is 2.65. The highest BCUT2D eigenvalue weighted by Gasteiger charge is 2.06. The lowest BCUT2D eigenvalue weighted by Crippen LogP contribution is -2.25. The van der Waals surface area contributed by atoms with Crippen molar-refractivity contribution >= 4 is 0 Å². The first kappa shape index (κ1) is 12.2. The predicted octanol–water partition coefficient (Wildman–Crippen LogP) is 1.24. The number of nitrogens with two attached hydrogens (primary N) is 1. The van der Waals surface area contributed by atoms with Crippen LogP contribution in [0.15, 0.2) is 12.3 Å². The molecule has 1 aromatic rings. The molecule has 1 aromatic heterocycles. The molecular weight excluding hydrogens is 188 g/mol. The lowest BCUT2D eigenvalue weighted by atomic mass is 10.3. The van der Waals surface area contributed by atoms with Crippen LogP contribution in [-0.4, -0.2) is 34.8 Å². The number of hydrogen-bond donors (Lipinski definition) is 1. The minimum atomic E-state index is 0.485. The highest BCUT2D eigenvalue weighted by atomic mass is 15.3. The van der Waals surface area contributed by atoms with Gasteiger partial charge in [0.15, 0.2) is 0 Å². The third kappa shape index (κ3) is 3.64. The first-order valence-corrected chi connectivity index (χ1v) is 5.60. The fraction of sp³-hybridized carbons (Fsp3) is 0.727. The van der Waals surface area contributed by atoms with Crippen molar-refractivity contribution in [3.8, 4) is 0 Å². The Morgan fingerprint density at radius 2 is 2.33 bits per heavy atom. The number of nitrogens with zero attached hydrogens (tertiary/aromatic N) is 3. The van der Waals surface area contributed by atoms with Crippen LogP contribution in [0, 0.1) is 0 Å². The van der Waals surface area contributed by atoms with Crippen LogP contribution in [-0.2, 0) is 6.54 Å². The fourth-order valence-electron chi connectivity index (χ4n) is 1.47. The summed E-state index contributed by atoms with van der Waals surface area (Å²) in [7, 11) is 2.06. The minimum Gasteiger partial charge on any atom is -0.329 e. The van der Waals surface area contributed by atoms with Gasteiger partial charge in [-0.3, -0.25) is 9.58 Å². The molecule has 4 heteroatoms. The van der Waals surface area contributed by atoms with E-state index in [1.54, 1.807) is 0 Å². The van der Waals surface area contributed by atoms with Crippen molar-refractivity contribution in [1.82, 2.24) is 14.7 Å². The standard InChI is InChI=1S/C11H22N4/c1-4-10(2)15-7-5-11(13-15)9-14(3)8-6-12/h5,7,10H,4,6,8-9,12H2,1-3H3. The largest absolute Gasteiger partial charge is 0.329 e. The summed E-state index contributed by atoms with van der Waals surface area (Å²) in [4.78, 5) is 2.18. The summed E-state index contributed by atoms with van der Waals surface area (Å²) >= 11 is 0. The SMILES string of the molecule is CCC(C)n1ccc(CN(C)CCN)n1. The quantitative estimate of drug-likeness (QED) is 0.768. The first-order valence-electron chi connectivity index (χ1n) is 5.60. The molecule has 0 fully saturated rings. The minimum absolute atomic E-state index is 0.485. The second-order valence-electron chi connectivity index (χ2n) is 4.07. The lowest BCUT2D eigenvalue weighted by molar-refractivity contribution is 0.328. The maximum atomic E-state index is 5.49. The molecule has 4 nitrogen and oxygen atoms in total. The van der Waals surface area contributed by atoms with Crippen LogP contribution in [0.2, 0.25) is 0 Å². The van der Waals surface area contributed by atoms with Gasteiger partial charge in [-0.25, -0.2) is 0 Å². The molecule has 0 aromatic carbocycles. The van der Waals surface area contributed by atoms with Crippen LogP contribution >= 0.6 is 0 Å². The highest BCUT2D eigenvalue weighted by Crippen LogP contribution is 2.09. The van der Waals surface area contributed by atoms with Crippen molar-refractivity contribution < 1.29 is 0 Å². The van der Waals surface area contributed by atoms with Gasteiger partial charge in [-0.1, -0.05) is 6.92 Å². The van der Waals surface area contributed by atoms with E-state index in [1.807, 2.05) is 4.68 Å². The summed E-state index contributed by atoms with van der Waals surface area (Å²) in [6, 6.07) is 2.57. The van der Waals surface area contributed by atoms with Crippen LogP contribution < -0.4 is 5.73 Å². The molecule has 0 spiro atoms. The van der Waals surface area contributed by atoms with E-state index in [4.69, 9.17) is 5.73 Å². The summed E-state index contributed by atoms with van der Waals surface area (Å²) < 4.78 is 2.03. The average Bonchev–Trinajstić information content (AvgIpc) is 2.65. The molecule has 15 heavy (non-hydrogen) atoms. The number of aromatic nitrogens is 2. The van der Waals surface area contributed by atoms with Gasteiger partial charge in [0.25, 0.3) is 0 Å². The fourth-order valence-corrected chi connectivity index (χ4v) is 1.47. The molecule has 2 N–H and O–H groups in total. The van der Waals surface area contributed by atoms with E-state index in [9.17, 15) is 0 Å². The zero-order valence-electron chi connectivity index (χ0n) is 9.98. The molecule has 1 rings (SSSR count). The Bertz CT molecular complexity index is 282. The normalized spacial score (nSPS) is 13.4. The van der Waals surface area contributed by atoms with Crippen LogP contribution in [0.25, 0.3) is 0 Å². The van der Waals surface area contributed by atoms with Gasteiger partial charge in [-0.05, 0) is 26.5 Å². The zero-order chi connectivity index (χ0) is 11.3. The van der Waals surface area contributed by atoms with Crippen molar-refractivity contribution in [1.29, 1.82) is 0 Å². The molecule has 0 aliphatic carbocycles. The zero-order valence-corrected chi connectivity index (χ0v) is 9.98. The Morgan fingerprint density at radius 3 is 2.93 bits per heavy atom. The molecule has 0 aliphatic heterocycles. The van der Waals surface area contributed by atoms with Gasteiger partial charge < -0.3 is 5.73 Å². The van der Waals surface area contributed by atoms with Gasteiger partial charge in [-0.15, -0.1) is 0 Å². The van der Waals surface area contributed by atoms with E-state index in [0.717, 1.165) is 25.2 Å². The number of hydrogen-bond acceptors (Lipinski definition) is 3. The second kappa shape index (κ2) is 5.88. The number of likely N-dealkylation sites (N-methyl/N-ethyl adjacent to an activating group) is 1. The summed E-state index contributed by atoms with van der Waals surface area (Å²) in [5.41, 5.74) is 6.61. The Hall–Kier alpha value is -0.870. The molecule has 86 valence electrons. The Balaban J connectivity index is 2.52. The van der Waals surface area contributed by atoms with Gasteiger partial charge in [-0.2, -0.15) is 5.10 Å². The Kier molecular flexibility index (Phi) is 4.78. The van der Waals surface area contributed by atoms with E-state index in [0.29, 0.717) is 12.6 Å². The summed E-state index contributed by atoms with van der Waals surface area (Å²) in [5.74, 6) is 0. The maximum Gasteiger partial charge on any atom is 0.0764 e. The van der Waals surface area contributed by atoms with Gasteiger partial charge in [0.05, 0.1) is 5.69 Å². The second-order valence-corrected chi connectivity index (χ2v) is 4.07. The van der Waals surface area contributed by atoms with E-state index in [1.165, 1.54) is 0 Å². The van der Waals surface area contributed by atoms with Crippen molar-refractivity contribution in [2.75, 3.05) is 20.1 Å². The van der Waals surface area contributed by atoms with Crippen LogP contribution in [0.4, 0.5) is 0 Å². The van der Waals surface area contributed by atoms with Gasteiger partial charge in [0.1, 0.15) is 0 Å². The average molecular weight is 210 g/mol. The molecule has 1 atom stereocenters. The third-order valence-electron chi connectivity index (χ3n) is 2.65. The Morgan fingerprint density at radius 1 is 1.60 bits per heavy atom. The van der Waals surface area contributed by atoms with E-state index >= 15 is 0 Å². The van der Waals surface area contributed by atoms with E-state index < -0.39 is 0 Å². The van der Waals surface area contributed by atoms with Gasteiger partial charge in [0.2, 0.25) is 0 Å². The molecule has 1 heterocycles. The van der Waals surface area contributed by atoms with Crippen molar-refractivity contribution in [2.45, 2.75) is 32.9 Å². The summed E-state index contributed by atoms with van der Waals surface area (Å²) in [6.45, 7) is 6.84. The lowest BCUT2D eigenvalue weighted by Gasteiger charge is -2.13. The van der Waals surface area contributed by atoms with E-state index in [-0.39, 0.29) is 0 Å². The van der Waals surface area contributed by atoms with Crippen LogP contribution in [0.5, 0.6) is 0 Å². The topological polar surface area (TPSA) is 47.1 Å². The monoisotopic (exact) mass is 210 g/mol. The van der Waals surface area contributed by atoms with Crippen molar-refractivity contribution in [2.24, 2.45) is 5.73 Å². The molecule has 0 radical (unpaired) electrons. The molecule has 0 saturated carbocycles. The first-order chi connectivity index (χ1) is 7.17. The van der Waals surface area contributed by atoms with Gasteiger partial charge >= 0.3 is 0 Å². The van der Waals surface area contributed by atoms with Crippen molar-refractivity contribution in [3.63, 3.8) is 0 Å². The summed E-state index contributed by atoms with van der Waals surface area (Å²) in [6.07, 6.45) is 3.17. The maximum absolute atomic E-state index is 5.49. The molecule has 0 bridgehead atoms.